The predicted octanol–water partition coefficient (Wildman–Crippen LogP) is 3.85. The lowest BCUT2D eigenvalue weighted by molar-refractivity contribution is -0.0552. The monoisotopic (exact) mass is 742 g/mol. The van der Waals surface area contributed by atoms with Gasteiger partial charge in [0.05, 0.1) is 19.0 Å². The topological polar surface area (TPSA) is 231 Å². The molecule has 0 spiro atoms. The van der Waals surface area contributed by atoms with Crippen molar-refractivity contribution in [2.45, 2.75) is 49.3 Å². The summed E-state index contributed by atoms with van der Waals surface area (Å²) in [6, 6.07) is 18.3. The van der Waals surface area contributed by atoms with E-state index in [9.17, 15) is 29.0 Å². The number of nitrogens with one attached hydrogen (secondary N) is 1. The van der Waals surface area contributed by atoms with Gasteiger partial charge in [0.1, 0.15) is 49.4 Å². The van der Waals surface area contributed by atoms with Crippen molar-refractivity contribution in [1.82, 2.24) is 19.5 Å². The van der Waals surface area contributed by atoms with Crippen molar-refractivity contribution in [3.05, 3.63) is 76.8 Å². The van der Waals surface area contributed by atoms with E-state index in [1.165, 1.54) is 10.9 Å². The van der Waals surface area contributed by atoms with Crippen LogP contribution in [-0.4, -0.2) is 78.4 Å². The third kappa shape index (κ3) is 5.97. The molecule has 8 rings (SSSR count). The smallest absolute Gasteiger partial charge is 0.387 e. The number of imidazole rings is 1. The standard InChI is InChI=1S/C31H29N5O11P2S/c32-31-34-28-25(29(39)35-31)33-13-36(28)30-27(38)26(37)22(46-30)12-44-49(41,42)47-20-10-19(45-21(20)11-43-48(40)50)17-8-6-16-5-4-14-2-1-3-15-7-9-18(17)24(16)23(14)15/h1-9,13,19-22,26-27,30,37-38H,10-12H2,(H4-,32,34,35,39,40,41,42,50)/p+1. The van der Waals surface area contributed by atoms with Crippen LogP contribution >= 0.6 is 27.3 Å². The maximum absolute atomic E-state index is 13.3. The summed E-state index contributed by atoms with van der Waals surface area (Å²) in [5, 5.41) is 27.9. The summed E-state index contributed by atoms with van der Waals surface area (Å²) in [6.45, 7) is -0.911. The molecule has 4 aromatic carbocycles. The molecule has 2 aromatic heterocycles. The molecule has 9 atom stereocenters. The number of nitrogens with two attached hydrogens (primary N) is 1. The Balaban J connectivity index is 1.00. The zero-order valence-electron chi connectivity index (χ0n) is 25.8. The van der Waals surface area contributed by atoms with Crippen LogP contribution in [0.25, 0.3) is 43.5 Å². The summed E-state index contributed by atoms with van der Waals surface area (Å²) >= 11 is 3.81. The van der Waals surface area contributed by atoms with Crippen LogP contribution in [0.1, 0.15) is 24.3 Å². The number of aromatic amines is 1. The highest BCUT2D eigenvalue weighted by Gasteiger charge is 2.47. The Bertz CT molecular complexity index is 2360. The molecule has 0 bridgehead atoms. The number of anilines is 1. The van der Waals surface area contributed by atoms with E-state index < -0.39 is 70.1 Å². The predicted molar refractivity (Wildman–Crippen MR) is 184 cm³/mol. The Morgan fingerprint density at radius 3 is 2.50 bits per heavy atom. The van der Waals surface area contributed by atoms with Gasteiger partial charge in [-0.3, -0.25) is 23.4 Å². The second-order valence-corrected chi connectivity index (χ2v) is 15.3. The fraction of sp³-hybridized carbons (Fsp3) is 0.323. The number of aromatic nitrogens is 4. The number of fused-ring (bicyclic) bond motifs is 1. The lowest BCUT2D eigenvalue weighted by Crippen LogP contribution is -2.34. The minimum atomic E-state index is -4.86. The third-order valence-electron chi connectivity index (χ3n) is 9.19. The fourth-order valence-corrected chi connectivity index (χ4v) is 8.38. The van der Waals surface area contributed by atoms with Crippen molar-refractivity contribution in [2.24, 2.45) is 0 Å². The Morgan fingerprint density at radius 2 is 1.74 bits per heavy atom. The molecule has 2 saturated heterocycles. The van der Waals surface area contributed by atoms with Gasteiger partial charge in [0.15, 0.2) is 17.4 Å². The average Bonchev–Trinajstić information content (AvgIpc) is 3.76. The lowest BCUT2D eigenvalue weighted by atomic mass is 9.90. The molecule has 9 unspecified atom stereocenters. The van der Waals surface area contributed by atoms with Crippen LogP contribution in [0.3, 0.4) is 0 Å². The largest absolute Gasteiger partial charge is 0.582 e. The van der Waals surface area contributed by atoms with E-state index in [4.69, 9.17) is 28.8 Å². The normalized spacial score (nSPS) is 27.2. The molecule has 6 aromatic rings. The lowest BCUT2D eigenvalue weighted by Gasteiger charge is -2.21. The molecule has 50 heavy (non-hydrogen) atoms. The number of aliphatic hydroxyl groups is 2. The van der Waals surface area contributed by atoms with Crippen molar-refractivity contribution in [3.63, 3.8) is 0 Å². The fourth-order valence-electron chi connectivity index (χ4n) is 6.95. The van der Waals surface area contributed by atoms with Gasteiger partial charge in [-0.25, -0.2) is 9.55 Å². The second kappa shape index (κ2) is 12.9. The first kappa shape index (κ1) is 33.6. The van der Waals surface area contributed by atoms with Crippen LogP contribution < -0.4 is 11.3 Å². The van der Waals surface area contributed by atoms with E-state index in [2.05, 4.69) is 51.5 Å². The molecule has 16 nitrogen and oxygen atoms in total. The van der Waals surface area contributed by atoms with Gasteiger partial charge in [0.25, 0.3) is 5.56 Å². The summed E-state index contributed by atoms with van der Waals surface area (Å²) in [6.07, 6.45) is -6.95. The number of rotatable bonds is 10. The summed E-state index contributed by atoms with van der Waals surface area (Å²) < 4.78 is 54.4. The second-order valence-electron chi connectivity index (χ2n) is 12.2. The van der Waals surface area contributed by atoms with E-state index in [-0.39, 0.29) is 30.1 Å². The first-order valence-electron chi connectivity index (χ1n) is 15.5. The molecular formula is C31H30N5O11P2S+. The van der Waals surface area contributed by atoms with Gasteiger partial charge in [0, 0.05) is 6.42 Å². The Hall–Kier alpha value is -3.57. The number of phosphoric acid groups is 1. The highest BCUT2D eigenvalue weighted by molar-refractivity contribution is 8.39. The van der Waals surface area contributed by atoms with Crippen molar-refractivity contribution in [3.8, 4) is 0 Å². The molecule has 0 radical (unpaired) electrons. The molecule has 6 N–H and O–H groups in total. The van der Waals surface area contributed by atoms with E-state index in [0.29, 0.717) is 0 Å². The first-order valence-corrected chi connectivity index (χ1v) is 19.3. The number of hydrogen-bond donors (Lipinski definition) is 6. The van der Waals surface area contributed by atoms with Gasteiger partial charge < -0.3 is 30.3 Å². The first-order chi connectivity index (χ1) is 24.0. The highest BCUT2D eigenvalue weighted by atomic mass is 32.7. The van der Waals surface area contributed by atoms with Crippen LogP contribution in [0.15, 0.2) is 65.7 Å². The van der Waals surface area contributed by atoms with Crippen molar-refractivity contribution in [2.75, 3.05) is 18.9 Å². The van der Waals surface area contributed by atoms with Gasteiger partial charge in [-0.2, -0.15) is 4.98 Å². The summed E-state index contributed by atoms with van der Waals surface area (Å²) in [7, 11) is -7.17. The molecular weight excluding hydrogens is 712 g/mol. The van der Waals surface area contributed by atoms with Crippen molar-refractivity contribution >= 4 is 76.7 Å². The minimum absolute atomic E-state index is 0.00286. The SMILES string of the molecule is Nc1nc2c(ncn2C2OC(COP(=O)(O)OC3CC(c4ccc5ccc6cccc7ccc4c5c67)OC3CO[P+](=O)S)C(O)C2O)c(=O)[nH]1. The molecule has 0 amide bonds. The minimum Gasteiger partial charge on any atom is -0.387 e. The van der Waals surface area contributed by atoms with Crippen molar-refractivity contribution in [1.29, 1.82) is 0 Å². The van der Waals surface area contributed by atoms with Gasteiger partial charge in [-0.15, -0.1) is 4.52 Å². The van der Waals surface area contributed by atoms with E-state index >= 15 is 0 Å². The summed E-state index contributed by atoms with van der Waals surface area (Å²) in [4.78, 5) is 33.3. The Morgan fingerprint density at radius 1 is 1.02 bits per heavy atom. The van der Waals surface area contributed by atoms with E-state index in [1.54, 1.807) is 0 Å². The summed E-state index contributed by atoms with van der Waals surface area (Å²) in [5.74, 6) is -0.197. The van der Waals surface area contributed by atoms with Crippen LogP contribution in [-0.2, 0) is 32.2 Å². The van der Waals surface area contributed by atoms with E-state index in [0.717, 1.165) is 37.9 Å². The maximum Gasteiger partial charge on any atom is 0.582 e. The van der Waals surface area contributed by atoms with Crippen LogP contribution in [0.2, 0.25) is 0 Å². The van der Waals surface area contributed by atoms with Gasteiger partial charge in [0.2, 0.25) is 5.95 Å². The zero-order chi connectivity index (χ0) is 34.9. The highest BCUT2D eigenvalue weighted by Crippen LogP contribution is 2.51. The Kier molecular flexibility index (Phi) is 8.65. The number of hydrogen-bond acceptors (Lipinski definition) is 13. The van der Waals surface area contributed by atoms with Gasteiger partial charge >= 0.3 is 15.1 Å². The quantitative estimate of drug-likeness (QED) is 0.0666. The number of aliphatic hydroxyl groups excluding tert-OH is 2. The van der Waals surface area contributed by atoms with Crippen LogP contribution in [0, 0.1) is 0 Å². The zero-order valence-corrected chi connectivity index (χ0v) is 28.5. The number of H-pyrrole nitrogens is 1. The molecule has 0 saturated carbocycles. The maximum atomic E-state index is 13.3. The number of nitrogens with zero attached hydrogens (tertiary/aromatic N) is 3. The molecule has 260 valence electrons. The summed E-state index contributed by atoms with van der Waals surface area (Å²) in [5.41, 5.74) is 5.81. The number of nitrogen functional groups attached to an aromatic ring is 1. The third-order valence-corrected chi connectivity index (χ3v) is 10.9. The molecule has 4 heterocycles. The molecule has 2 fully saturated rings. The van der Waals surface area contributed by atoms with Gasteiger partial charge in [-0.1, -0.05) is 54.6 Å². The molecule has 2 aliphatic heterocycles. The Labute approximate surface area is 288 Å². The number of thiol groups is 1. The number of ether oxygens (including phenoxy) is 2. The molecule has 2 aliphatic rings. The van der Waals surface area contributed by atoms with Crippen molar-refractivity contribution < 1.29 is 47.3 Å². The van der Waals surface area contributed by atoms with Crippen LogP contribution in [0.5, 0.6) is 0 Å². The van der Waals surface area contributed by atoms with E-state index in [1.807, 2.05) is 30.3 Å². The molecule has 0 aliphatic carbocycles. The molecule has 19 heteroatoms. The van der Waals surface area contributed by atoms with Gasteiger partial charge in [-0.05, 0) is 42.4 Å². The number of phosphoric ester groups is 1. The van der Waals surface area contributed by atoms with Crippen LogP contribution in [0.4, 0.5) is 5.95 Å². The number of benzene rings is 4. The average molecular weight is 743 g/mol.